The average molecular weight is 380 g/mol. The average Bonchev–Trinajstić information content (AvgIpc) is 3.18. The first-order valence-electron chi connectivity index (χ1n) is 8.03. The van der Waals surface area contributed by atoms with Gasteiger partial charge >= 0.3 is 0 Å². The van der Waals surface area contributed by atoms with Gasteiger partial charge in [0, 0.05) is 24.0 Å². The van der Waals surface area contributed by atoms with Crippen molar-refractivity contribution >= 4 is 45.6 Å². The van der Waals surface area contributed by atoms with E-state index in [1.807, 2.05) is 12.3 Å². The van der Waals surface area contributed by atoms with Gasteiger partial charge in [-0.3, -0.25) is 14.5 Å². The van der Waals surface area contributed by atoms with Gasteiger partial charge in [0.2, 0.25) is 11.8 Å². The maximum absolute atomic E-state index is 12.2. The molecule has 1 saturated heterocycles. The van der Waals surface area contributed by atoms with Crippen molar-refractivity contribution in [1.29, 1.82) is 0 Å². The van der Waals surface area contributed by atoms with Crippen molar-refractivity contribution in [2.45, 2.75) is 26.2 Å². The molecule has 6 nitrogen and oxygen atoms in total. The summed E-state index contributed by atoms with van der Waals surface area (Å²) in [4.78, 5) is 30.0. The molecule has 0 atom stereocenters. The highest BCUT2D eigenvalue weighted by Crippen LogP contribution is 2.28. The minimum atomic E-state index is -0.190. The van der Waals surface area contributed by atoms with E-state index >= 15 is 0 Å². The van der Waals surface area contributed by atoms with Crippen LogP contribution in [0.4, 0.5) is 10.8 Å². The number of nitrogens with zero attached hydrogens (tertiary/aromatic N) is 2. The van der Waals surface area contributed by atoms with Crippen LogP contribution < -0.4 is 15.0 Å². The molecule has 0 unspecified atom stereocenters. The molecule has 0 saturated carbocycles. The predicted octanol–water partition coefficient (Wildman–Crippen LogP) is 3.50. The highest BCUT2D eigenvalue weighted by Gasteiger charge is 2.24. The fraction of sp³-hybridized carbons (Fsp3) is 0.353. The Hall–Kier alpha value is -2.12. The van der Waals surface area contributed by atoms with Gasteiger partial charge in [-0.1, -0.05) is 11.6 Å². The first-order valence-corrected chi connectivity index (χ1v) is 9.29. The molecule has 2 amide bonds. The molecule has 0 radical (unpaired) electrons. The van der Waals surface area contributed by atoms with Crippen LogP contribution in [0.2, 0.25) is 5.02 Å². The van der Waals surface area contributed by atoms with Gasteiger partial charge in [0.25, 0.3) is 0 Å². The molecule has 1 aromatic heterocycles. The number of aromatic nitrogens is 1. The first-order chi connectivity index (χ1) is 12.1. The first kappa shape index (κ1) is 17.7. The van der Waals surface area contributed by atoms with E-state index in [-0.39, 0.29) is 18.2 Å². The van der Waals surface area contributed by atoms with Crippen LogP contribution in [0.15, 0.2) is 23.6 Å². The fourth-order valence-corrected chi connectivity index (χ4v) is 3.68. The quantitative estimate of drug-likeness (QED) is 0.833. The third-order valence-electron chi connectivity index (χ3n) is 3.70. The molecule has 1 fully saturated rings. The van der Waals surface area contributed by atoms with Gasteiger partial charge in [0.15, 0.2) is 5.13 Å². The van der Waals surface area contributed by atoms with Crippen LogP contribution in [0.5, 0.6) is 5.75 Å². The summed E-state index contributed by atoms with van der Waals surface area (Å²) >= 11 is 7.50. The van der Waals surface area contributed by atoms with E-state index in [4.69, 9.17) is 16.3 Å². The molecule has 1 aliphatic heterocycles. The molecule has 0 bridgehead atoms. The van der Waals surface area contributed by atoms with Crippen LogP contribution in [-0.2, 0) is 16.0 Å². The number of hydrogen-bond donors (Lipinski definition) is 1. The van der Waals surface area contributed by atoms with E-state index in [1.54, 1.807) is 23.1 Å². The Balaban J connectivity index is 1.60. The van der Waals surface area contributed by atoms with Crippen molar-refractivity contribution in [1.82, 2.24) is 4.98 Å². The summed E-state index contributed by atoms with van der Waals surface area (Å²) in [5, 5.41) is 5.71. The maximum atomic E-state index is 12.2. The molecule has 2 aromatic rings. The number of benzene rings is 1. The number of rotatable bonds is 6. The monoisotopic (exact) mass is 379 g/mol. The smallest absolute Gasteiger partial charge is 0.230 e. The number of hydrogen-bond acceptors (Lipinski definition) is 5. The molecule has 0 spiro atoms. The Morgan fingerprint density at radius 3 is 3.00 bits per heavy atom. The van der Waals surface area contributed by atoms with Gasteiger partial charge < -0.3 is 10.1 Å². The van der Waals surface area contributed by atoms with Gasteiger partial charge in [-0.25, -0.2) is 4.98 Å². The van der Waals surface area contributed by atoms with Crippen LogP contribution >= 0.6 is 22.9 Å². The lowest BCUT2D eigenvalue weighted by molar-refractivity contribution is -0.117. The van der Waals surface area contributed by atoms with Crippen molar-refractivity contribution in [2.24, 2.45) is 0 Å². The maximum Gasteiger partial charge on any atom is 0.230 e. The number of amides is 2. The van der Waals surface area contributed by atoms with Gasteiger partial charge in [-0.15, -0.1) is 11.3 Å². The molecule has 3 rings (SSSR count). The third-order valence-corrected chi connectivity index (χ3v) is 4.91. The summed E-state index contributed by atoms with van der Waals surface area (Å²) < 4.78 is 5.37. The Morgan fingerprint density at radius 2 is 2.32 bits per heavy atom. The number of anilines is 2. The molecule has 8 heteroatoms. The second kappa shape index (κ2) is 7.84. The van der Waals surface area contributed by atoms with Crippen LogP contribution in [0.1, 0.15) is 25.5 Å². The zero-order valence-corrected chi connectivity index (χ0v) is 15.3. The molecular formula is C17H18ClN3O3S. The predicted molar refractivity (Wildman–Crippen MR) is 98.7 cm³/mol. The topological polar surface area (TPSA) is 71.5 Å². The van der Waals surface area contributed by atoms with Crippen LogP contribution in [0.3, 0.4) is 0 Å². The van der Waals surface area contributed by atoms with E-state index in [2.05, 4.69) is 10.3 Å². The summed E-state index contributed by atoms with van der Waals surface area (Å²) in [7, 11) is 0. The minimum Gasteiger partial charge on any atom is -0.492 e. The number of thiazole rings is 1. The zero-order chi connectivity index (χ0) is 17.8. The molecule has 1 aliphatic rings. The second-order valence-electron chi connectivity index (χ2n) is 5.57. The van der Waals surface area contributed by atoms with Crippen LogP contribution in [0.25, 0.3) is 0 Å². The Bertz CT molecular complexity index is 793. The molecular weight excluding hydrogens is 362 g/mol. The van der Waals surface area contributed by atoms with Gasteiger partial charge in [0.1, 0.15) is 5.75 Å². The Kier molecular flexibility index (Phi) is 5.55. The number of ether oxygens (including phenoxy) is 1. The van der Waals surface area contributed by atoms with E-state index in [1.165, 1.54) is 11.3 Å². The second-order valence-corrected chi connectivity index (χ2v) is 6.82. The lowest BCUT2D eigenvalue weighted by atomic mass is 10.2. The summed E-state index contributed by atoms with van der Waals surface area (Å²) in [5.41, 5.74) is 1.25. The molecule has 1 N–H and O–H groups in total. The van der Waals surface area contributed by atoms with Gasteiger partial charge in [-0.05, 0) is 31.5 Å². The standard InChI is InChI=1S/C17H18ClN3O3S/c1-2-24-14-6-5-11(8-13(14)18)19-15(22)9-12-10-25-17(20-12)21-7-3-4-16(21)23/h5-6,8,10H,2-4,7,9H2,1H3,(H,19,22). The lowest BCUT2D eigenvalue weighted by Gasteiger charge is -2.10. The molecule has 1 aromatic carbocycles. The SMILES string of the molecule is CCOc1ccc(NC(=O)Cc2csc(N3CCCC3=O)n2)cc1Cl. The van der Waals surface area contributed by atoms with E-state index in [0.717, 1.165) is 6.42 Å². The Labute approximate surface area is 154 Å². The zero-order valence-electron chi connectivity index (χ0n) is 13.8. The highest BCUT2D eigenvalue weighted by molar-refractivity contribution is 7.14. The summed E-state index contributed by atoms with van der Waals surface area (Å²) in [6, 6.07) is 5.12. The van der Waals surface area contributed by atoms with Gasteiger partial charge in [-0.2, -0.15) is 0 Å². The third kappa shape index (κ3) is 4.29. The van der Waals surface area contributed by atoms with Crippen LogP contribution in [0, 0.1) is 0 Å². The summed E-state index contributed by atoms with van der Waals surface area (Å²) in [5.74, 6) is 0.487. The summed E-state index contributed by atoms with van der Waals surface area (Å²) in [6.45, 7) is 3.10. The number of carbonyl (C=O) groups excluding carboxylic acids is 2. The van der Waals surface area contributed by atoms with Crippen molar-refractivity contribution in [3.05, 3.63) is 34.3 Å². The molecule has 132 valence electrons. The van der Waals surface area contributed by atoms with Crippen molar-refractivity contribution in [3.8, 4) is 5.75 Å². The highest BCUT2D eigenvalue weighted by atomic mass is 35.5. The number of halogens is 1. The number of carbonyl (C=O) groups is 2. The molecule has 25 heavy (non-hydrogen) atoms. The van der Waals surface area contributed by atoms with Crippen molar-refractivity contribution in [2.75, 3.05) is 23.4 Å². The molecule has 2 heterocycles. The summed E-state index contributed by atoms with van der Waals surface area (Å²) in [6.07, 6.45) is 1.56. The fourth-order valence-electron chi connectivity index (χ4n) is 2.57. The van der Waals surface area contributed by atoms with E-state index in [0.29, 0.717) is 46.9 Å². The largest absolute Gasteiger partial charge is 0.492 e. The van der Waals surface area contributed by atoms with Crippen LogP contribution in [-0.4, -0.2) is 29.9 Å². The van der Waals surface area contributed by atoms with E-state index in [9.17, 15) is 9.59 Å². The van der Waals surface area contributed by atoms with Gasteiger partial charge in [0.05, 0.1) is 23.7 Å². The minimum absolute atomic E-state index is 0.0920. The van der Waals surface area contributed by atoms with Crippen molar-refractivity contribution in [3.63, 3.8) is 0 Å². The van der Waals surface area contributed by atoms with Crippen molar-refractivity contribution < 1.29 is 14.3 Å². The molecule has 0 aliphatic carbocycles. The lowest BCUT2D eigenvalue weighted by Crippen LogP contribution is -2.23. The number of nitrogens with one attached hydrogen (secondary N) is 1. The normalized spacial score (nSPS) is 14.0. The van der Waals surface area contributed by atoms with E-state index < -0.39 is 0 Å². The Morgan fingerprint density at radius 1 is 1.48 bits per heavy atom.